The number of nitrogens with one attached hydrogen (secondary N) is 3. The summed E-state index contributed by atoms with van der Waals surface area (Å²) in [6.07, 6.45) is 2.56. The smallest absolute Gasteiger partial charge is 0.315 e. The molecule has 0 radical (unpaired) electrons. The van der Waals surface area contributed by atoms with Crippen molar-refractivity contribution in [3.63, 3.8) is 0 Å². The highest BCUT2D eigenvalue weighted by atomic mass is 16.5. The summed E-state index contributed by atoms with van der Waals surface area (Å²) in [5.74, 6) is 0.514. The number of benzene rings is 2. The molecule has 0 saturated carbocycles. The number of amides is 3. The monoisotopic (exact) mass is 395 g/mol. The number of urea groups is 1. The predicted octanol–water partition coefficient (Wildman–Crippen LogP) is 2.05. The van der Waals surface area contributed by atoms with Gasteiger partial charge in [0.1, 0.15) is 5.75 Å². The Morgan fingerprint density at radius 2 is 1.83 bits per heavy atom. The molecule has 1 heterocycles. The Bertz CT molecular complexity index is 952. The minimum atomic E-state index is -0.361. The van der Waals surface area contributed by atoms with E-state index in [-0.39, 0.29) is 18.5 Å². The van der Waals surface area contributed by atoms with E-state index in [2.05, 4.69) is 25.5 Å². The Balaban J connectivity index is 1.29. The molecule has 0 unspecified atom stereocenters. The molecule has 3 amide bonds. The van der Waals surface area contributed by atoms with Crippen LogP contribution in [0.1, 0.15) is 12.0 Å². The minimum absolute atomic E-state index is 0.0753. The van der Waals surface area contributed by atoms with E-state index in [1.165, 1.54) is 0 Å². The lowest BCUT2D eigenvalue weighted by atomic mass is 10.2. The zero-order valence-corrected chi connectivity index (χ0v) is 16.4. The van der Waals surface area contributed by atoms with Crippen molar-refractivity contribution in [2.24, 2.45) is 0 Å². The van der Waals surface area contributed by atoms with E-state index in [9.17, 15) is 9.59 Å². The molecule has 8 nitrogen and oxygen atoms in total. The van der Waals surface area contributed by atoms with Gasteiger partial charge < -0.3 is 25.3 Å². The van der Waals surface area contributed by atoms with Crippen molar-refractivity contribution in [2.45, 2.75) is 19.5 Å². The molecule has 0 aliphatic rings. The first-order valence-electron chi connectivity index (χ1n) is 9.47. The van der Waals surface area contributed by atoms with Crippen LogP contribution >= 0.6 is 0 Å². The van der Waals surface area contributed by atoms with Crippen molar-refractivity contribution in [1.29, 1.82) is 0 Å². The molecule has 0 fully saturated rings. The lowest BCUT2D eigenvalue weighted by Crippen LogP contribution is -2.42. The van der Waals surface area contributed by atoms with Crippen molar-refractivity contribution < 1.29 is 14.3 Å². The van der Waals surface area contributed by atoms with Gasteiger partial charge in [0.25, 0.3) is 0 Å². The number of aromatic nitrogens is 2. The SMILES string of the molecule is COc1ccc(CNC(=O)CNC(=O)NCCCn2cnc3ccccc32)cc1. The molecule has 2 aromatic carbocycles. The van der Waals surface area contributed by atoms with E-state index in [1.807, 2.05) is 48.5 Å². The Morgan fingerprint density at radius 3 is 2.62 bits per heavy atom. The number of rotatable bonds is 9. The highest BCUT2D eigenvalue weighted by Crippen LogP contribution is 2.12. The Morgan fingerprint density at radius 1 is 1.03 bits per heavy atom. The third kappa shape index (κ3) is 5.97. The van der Waals surface area contributed by atoms with Gasteiger partial charge >= 0.3 is 6.03 Å². The first-order chi connectivity index (χ1) is 14.2. The Labute approximate surface area is 169 Å². The van der Waals surface area contributed by atoms with Crippen LogP contribution in [-0.4, -0.2) is 41.7 Å². The van der Waals surface area contributed by atoms with Crippen molar-refractivity contribution >= 4 is 23.0 Å². The van der Waals surface area contributed by atoms with Crippen molar-refractivity contribution in [1.82, 2.24) is 25.5 Å². The summed E-state index contributed by atoms with van der Waals surface area (Å²) in [5, 5.41) is 8.08. The molecule has 0 aliphatic heterocycles. The van der Waals surface area contributed by atoms with Gasteiger partial charge in [0, 0.05) is 19.6 Å². The molecular formula is C21H25N5O3. The van der Waals surface area contributed by atoms with Gasteiger partial charge in [0.2, 0.25) is 5.91 Å². The number of ether oxygens (including phenoxy) is 1. The predicted molar refractivity (Wildman–Crippen MR) is 111 cm³/mol. The van der Waals surface area contributed by atoms with Gasteiger partial charge in [-0.2, -0.15) is 0 Å². The standard InChI is InChI=1S/C21H25N5O3/c1-29-17-9-7-16(8-10-17)13-23-20(27)14-24-21(28)22-11-4-12-26-15-25-18-5-2-3-6-19(18)26/h2-3,5-10,15H,4,11-14H2,1H3,(H,23,27)(H2,22,24,28). The summed E-state index contributed by atoms with van der Waals surface area (Å²) >= 11 is 0. The second-order valence-corrected chi connectivity index (χ2v) is 6.51. The fourth-order valence-corrected chi connectivity index (χ4v) is 2.87. The van der Waals surface area contributed by atoms with Gasteiger partial charge in [-0.1, -0.05) is 24.3 Å². The quantitative estimate of drug-likeness (QED) is 0.483. The topological polar surface area (TPSA) is 97.3 Å². The molecule has 8 heteroatoms. The van der Waals surface area contributed by atoms with Crippen LogP contribution in [0.4, 0.5) is 4.79 Å². The van der Waals surface area contributed by atoms with Crippen LogP contribution in [-0.2, 0) is 17.9 Å². The first-order valence-corrected chi connectivity index (χ1v) is 9.47. The highest BCUT2D eigenvalue weighted by molar-refractivity contribution is 5.83. The first kappa shape index (κ1) is 20.2. The van der Waals surface area contributed by atoms with Gasteiger partial charge in [0.15, 0.2) is 0 Å². The third-order valence-electron chi connectivity index (χ3n) is 4.45. The summed E-state index contributed by atoms with van der Waals surface area (Å²) in [7, 11) is 1.60. The molecule has 1 aromatic heterocycles. The fraction of sp³-hybridized carbons (Fsp3) is 0.286. The number of fused-ring (bicyclic) bond motifs is 1. The number of para-hydroxylation sites is 2. The average molecular weight is 395 g/mol. The molecule has 0 bridgehead atoms. The maximum absolute atomic E-state index is 11.9. The van der Waals surface area contributed by atoms with Crippen LogP contribution in [0.5, 0.6) is 5.75 Å². The number of nitrogens with zero attached hydrogens (tertiary/aromatic N) is 2. The zero-order valence-electron chi connectivity index (χ0n) is 16.4. The van der Waals surface area contributed by atoms with E-state index >= 15 is 0 Å². The molecule has 0 saturated heterocycles. The second kappa shape index (κ2) is 10.1. The molecule has 152 valence electrons. The normalized spacial score (nSPS) is 10.5. The minimum Gasteiger partial charge on any atom is -0.497 e. The summed E-state index contributed by atoms with van der Waals surface area (Å²) in [6.45, 7) is 1.58. The summed E-state index contributed by atoms with van der Waals surface area (Å²) in [5.41, 5.74) is 2.99. The average Bonchev–Trinajstić information content (AvgIpc) is 3.17. The lowest BCUT2D eigenvalue weighted by Gasteiger charge is -2.09. The van der Waals surface area contributed by atoms with Crippen LogP contribution in [0, 0.1) is 0 Å². The maximum atomic E-state index is 11.9. The molecule has 3 N–H and O–H groups in total. The van der Waals surface area contributed by atoms with Crippen molar-refractivity contribution in [3.8, 4) is 5.75 Å². The van der Waals surface area contributed by atoms with Gasteiger partial charge in [-0.15, -0.1) is 0 Å². The molecule has 0 atom stereocenters. The van der Waals surface area contributed by atoms with E-state index in [1.54, 1.807) is 13.4 Å². The summed E-state index contributed by atoms with van der Waals surface area (Å²) < 4.78 is 7.15. The van der Waals surface area contributed by atoms with E-state index < -0.39 is 0 Å². The molecule has 29 heavy (non-hydrogen) atoms. The number of hydrogen-bond donors (Lipinski definition) is 3. The van der Waals surface area contributed by atoms with Gasteiger partial charge in [-0.05, 0) is 36.2 Å². The summed E-state index contributed by atoms with van der Waals surface area (Å²) in [4.78, 5) is 28.0. The Kier molecular flexibility index (Phi) is 7.05. The number of hydrogen-bond acceptors (Lipinski definition) is 4. The molecule has 0 aliphatic carbocycles. The van der Waals surface area contributed by atoms with Gasteiger partial charge in [0.05, 0.1) is 31.0 Å². The number of carbonyl (C=O) groups is 2. The summed E-state index contributed by atoms with van der Waals surface area (Å²) in [6, 6.07) is 15.0. The van der Waals surface area contributed by atoms with E-state index in [0.717, 1.165) is 35.3 Å². The third-order valence-corrected chi connectivity index (χ3v) is 4.45. The number of aryl methyl sites for hydroxylation is 1. The molecule has 3 rings (SSSR count). The number of methoxy groups -OCH3 is 1. The van der Waals surface area contributed by atoms with Crippen LogP contribution < -0.4 is 20.7 Å². The van der Waals surface area contributed by atoms with Crippen LogP contribution in [0.15, 0.2) is 54.9 Å². The second-order valence-electron chi connectivity index (χ2n) is 6.51. The van der Waals surface area contributed by atoms with Crippen LogP contribution in [0.25, 0.3) is 11.0 Å². The lowest BCUT2D eigenvalue weighted by molar-refractivity contribution is -0.120. The van der Waals surface area contributed by atoms with Gasteiger partial charge in [-0.25, -0.2) is 9.78 Å². The van der Waals surface area contributed by atoms with Crippen molar-refractivity contribution in [3.05, 3.63) is 60.4 Å². The molecule has 3 aromatic rings. The van der Waals surface area contributed by atoms with E-state index in [0.29, 0.717) is 13.1 Å². The highest BCUT2D eigenvalue weighted by Gasteiger charge is 2.06. The van der Waals surface area contributed by atoms with Gasteiger partial charge in [-0.3, -0.25) is 4.79 Å². The van der Waals surface area contributed by atoms with E-state index in [4.69, 9.17) is 4.74 Å². The fourth-order valence-electron chi connectivity index (χ4n) is 2.87. The molecular weight excluding hydrogens is 370 g/mol. The number of carbonyl (C=O) groups excluding carboxylic acids is 2. The zero-order chi connectivity index (χ0) is 20.5. The Hall–Kier alpha value is -3.55. The van der Waals surface area contributed by atoms with Crippen molar-refractivity contribution in [2.75, 3.05) is 20.2 Å². The van der Waals surface area contributed by atoms with Crippen LogP contribution in [0.2, 0.25) is 0 Å². The number of imidazole rings is 1. The largest absolute Gasteiger partial charge is 0.497 e. The molecule has 0 spiro atoms. The van der Waals surface area contributed by atoms with Crippen LogP contribution in [0.3, 0.4) is 0 Å². The maximum Gasteiger partial charge on any atom is 0.315 e.